The minimum absolute atomic E-state index is 0.144. The van der Waals surface area contributed by atoms with Gasteiger partial charge in [-0.3, -0.25) is 9.59 Å². The van der Waals surface area contributed by atoms with Crippen LogP contribution >= 0.6 is 23.2 Å². The second kappa shape index (κ2) is 9.78. The molecule has 0 bridgehead atoms. The van der Waals surface area contributed by atoms with Gasteiger partial charge in [0.1, 0.15) is 0 Å². The number of nitrogens with zero attached hydrogens (tertiary/aromatic N) is 2. The van der Waals surface area contributed by atoms with E-state index in [9.17, 15) is 18.0 Å². The first-order chi connectivity index (χ1) is 14.3. The highest BCUT2D eigenvalue weighted by Gasteiger charge is 2.30. The quantitative estimate of drug-likeness (QED) is 0.605. The predicted octanol–water partition coefficient (Wildman–Crippen LogP) is 2.61. The van der Waals surface area contributed by atoms with Gasteiger partial charge in [0.25, 0.3) is 5.91 Å². The normalized spacial score (nSPS) is 15.1. The van der Waals surface area contributed by atoms with E-state index in [0.29, 0.717) is 15.6 Å². The maximum absolute atomic E-state index is 12.6. The van der Waals surface area contributed by atoms with Crippen LogP contribution in [0.1, 0.15) is 5.56 Å². The Kier molecular flexibility index (Phi) is 7.36. The first kappa shape index (κ1) is 22.6. The smallest absolute Gasteiger partial charge is 0.310 e. The molecule has 0 aliphatic carbocycles. The van der Waals surface area contributed by atoms with Crippen molar-refractivity contribution in [2.24, 2.45) is 0 Å². The summed E-state index contributed by atoms with van der Waals surface area (Å²) >= 11 is 12.1. The van der Waals surface area contributed by atoms with Crippen LogP contribution in [0.4, 0.5) is 0 Å². The maximum atomic E-state index is 12.6. The van der Waals surface area contributed by atoms with Crippen LogP contribution in [-0.2, 0) is 30.8 Å². The highest BCUT2D eigenvalue weighted by atomic mass is 35.5. The highest BCUT2D eigenvalue weighted by Crippen LogP contribution is 2.25. The fraction of sp³-hybridized carbons (Fsp3) is 0.300. The Morgan fingerprint density at radius 1 is 0.900 bits per heavy atom. The third kappa shape index (κ3) is 5.31. The molecule has 3 rings (SSSR count). The van der Waals surface area contributed by atoms with Crippen molar-refractivity contribution in [3.05, 3.63) is 64.1 Å². The molecule has 0 spiro atoms. The van der Waals surface area contributed by atoms with Crippen molar-refractivity contribution in [1.29, 1.82) is 0 Å². The zero-order valence-electron chi connectivity index (χ0n) is 16.0. The number of sulfonamides is 1. The Morgan fingerprint density at radius 3 is 2.10 bits per heavy atom. The zero-order chi connectivity index (χ0) is 21.7. The topological polar surface area (TPSA) is 84.0 Å². The average Bonchev–Trinajstić information content (AvgIpc) is 2.75. The van der Waals surface area contributed by atoms with Gasteiger partial charge in [-0.05, 0) is 24.3 Å². The first-order valence-electron chi connectivity index (χ1n) is 9.20. The van der Waals surface area contributed by atoms with Crippen molar-refractivity contribution < 1.29 is 22.7 Å². The van der Waals surface area contributed by atoms with Gasteiger partial charge >= 0.3 is 5.97 Å². The minimum Gasteiger partial charge on any atom is -0.455 e. The van der Waals surface area contributed by atoms with Gasteiger partial charge in [-0.25, -0.2) is 8.42 Å². The summed E-state index contributed by atoms with van der Waals surface area (Å²) in [6.45, 7) is 0.363. The monoisotopic (exact) mass is 470 g/mol. The van der Waals surface area contributed by atoms with Gasteiger partial charge in [0, 0.05) is 41.8 Å². The molecule has 1 aliphatic heterocycles. The largest absolute Gasteiger partial charge is 0.455 e. The molecule has 10 heteroatoms. The molecule has 0 saturated carbocycles. The molecule has 1 saturated heterocycles. The van der Waals surface area contributed by atoms with E-state index in [4.69, 9.17) is 27.9 Å². The number of benzene rings is 2. The molecule has 0 atom stereocenters. The first-order valence-corrected chi connectivity index (χ1v) is 11.4. The lowest BCUT2D eigenvalue weighted by Gasteiger charge is -2.33. The third-order valence-electron chi connectivity index (χ3n) is 4.71. The fourth-order valence-corrected chi connectivity index (χ4v) is 5.02. The van der Waals surface area contributed by atoms with Crippen LogP contribution in [0.25, 0.3) is 0 Å². The number of hydrogen-bond donors (Lipinski definition) is 0. The predicted molar refractivity (Wildman–Crippen MR) is 113 cm³/mol. The fourth-order valence-electron chi connectivity index (χ4n) is 3.05. The number of rotatable bonds is 6. The molecule has 0 N–H and O–H groups in total. The van der Waals surface area contributed by atoms with E-state index in [0.717, 1.165) is 0 Å². The summed E-state index contributed by atoms with van der Waals surface area (Å²) in [6, 6.07) is 13.0. The molecule has 0 unspecified atom stereocenters. The van der Waals surface area contributed by atoms with Gasteiger partial charge < -0.3 is 9.64 Å². The van der Waals surface area contributed by atoms with Crippen LogP contribution in [-0.4, -0.2) is 62.3 Å². The molecule has 7 nitrogen and oxygen atoms in total. The SMILES string of the molecule is O=C(Cc1c(Cl)cccc1Cl)OCC(=O)N1CCN(S(=O)(=O)c2ccccc2)CC1. The van der Waals surface area contributed by atoms with Crippen molar-refractivity contribution in [2.75, 3.05) is 32.8 Å². The van der Waals surface area contributed by atoms with Crippen LogP contribution < -0.4 is 0 Å². The Balaban J connectivity index is 1.49. The van der Waals surface area contributed by atoms with E-state index < -0.39 is 22.6 Å². The van der Waals surface area contributed by atoms with E-state index in [-0.39, 0.29) is 43.4 Å². The summed E-state index contributed by atoms with van der Waals surface area (Å²) in [4.78, 5) is 26.1. The van der Waals surface area contributed by atoms with E-state index >= 15 is 0 Å². The van der Waals surface area contributed by atoms with Crippen LogP contribution in [0, 0.1) is 0 Å². The van der Waals surface area contributed by atoms with Crippen molar-refractivity contribution in [3.8, 4) is 0 Å². The van der Waals surface area contributed by atoms with E-state index in [1.54, 1.807) is 36.4 Å². The van der Waals surface area contributed by atoms with Crippen molar-refractivity contribution in [1.82, 2.24) is 9.21 Å². The van der Waals surface area contributed by atoms with Gasteiger partial charge in [-0.2, -0.15) is 4.31 Å². The number of piperazine rings is 1. The van der Waals surface area contributed by atoms with Crippen LogP contribution in [0.3, 0.4) is 0 Å². The van der Waals surface area contributed by atoms with Gasteiger partial charge in [0.15, 0.2) is 6.61 Å². The summed E-state index contributed by atoms with van der Waals surface area (Å²) in [5.74, 6) is -1.01. The average molecular weight is 471 g/mol. The van der Waals surface area contributed by atoms with Gasteiger partial charge in [0.2, 0.25) is 10.0 Å². The van der Waals surface area contributed by atoms with Gasteiger partial charge in [-0.1, -0.05) is 47.5 Å². The number of carbonyl (C=O) groups is 2. The summed E-state index contributed by atoms with van der Waals surface area (Å²) in [6.07, 6.45) is -0.144. The molecule has 1 fully saturated rings. The van der Waals surface area contributed by atoms with Crippen LogP contribution in [0.5, 0.6) is 0 Å². The van der Waals surface area contributed by atoms with Crippen molar-refractivity contribution in [2.45, 2.75) is 11.3 Å². The molecule has 2 aromatic carbocycles. The molecular weight excluding hydrogens is 451 g/mol. The van der Waals surface area contributed by atoms with E-state index in [1.807, 2.05) is 0 Å². The highest BCUT2D eigenvalue weighted by molar-refractivity contribution is 7.89. The lowest BCUT2D eigenvalue weighted by Crippen LogP contribution is -2.51. The lowest BCUT2D eigenvalue weighted by molar-refractivity contribution is -0.152. The Bertz CT molecular complexity index is 1000. The number of hydrogen-bond acceptors (Lipinski definition) is 5. The van der Waals surface area contributed by atoms with E-state index in [2.05, 4.69) is 0 Å². The number of amides is 1. The molecule has 0 radical (unpaired) electrons. The summed E-state index contributed by atoms with van der Waals surface area (Å²) in [5, 5.41) is 0.697. The van der Waals surface area contributed by atoms with E-state index in [1.165, 1.54) is 21.3 Å². The Labute approximate surface area is 185 Å². The molecule has 30 heavy (non-hydrogen) atoms. The van der Waals surface area contributed by atoms with Gasteiger partial charge in [0.05, 0.1) is 11.3 Å². The molecule has 1 heterocycles. The van der Waals surface area contributed by atoms with Crippen LogP contribution in [0.15, 0.2) is 53.4 Å². The Morgan fingerprint density at radius 2 is 1.50 bits per heavy atom. The molecule has 2 aromatic rings. The second-order valence-electron chi connectivity index (χ2n) is 6.64. The summed E-state index contributed by atoms with van der Waals surface area (Å²) < 4.78 is 31.7. The standard InChI is InChI=1S/C20H20Cl2N2O5S/c21-17-7-4-8-18(22)16(17)13-20(26)29-14-19(25)23-9-11-24(12-10-23)30(27,28)15-5-2-1-3-6-15/h1-8H,9-14H2. The summed E-state index contributed by atoms with van der Waals surface area (Å²) in [5.41, 5.74) is 0.443. The number of halogens is 2. The van der Waals surface area contributed by atoms with Crippen LogP contribution in [0.2, 0.25) is 10.0 Å². The number of ether oxygens (including phenoxy) is 1. The molecule has 160 valence electrons. The molecular formula is C20H20Cl2N2O5S. The Hall–Kier alpha value is -2.13. The lowest BCUT2D eigenvalue weighted by atomic mass is 10.1. The van der Waals surface area contributed by atoms with Crippen molar-refractivity contribution >= 4 is 45.1 Å². The maximum Gasteiger partial charge on any atom is 0.310 e. The third-order valence-corrected chi connectivity index (χ3v) is 7.33. The molecule has 1 amide bonds. The molecule has 0 aromatic heterocycles. The number of esters is 1. The van der Waals surface area contributed by atoms with Gasteiger partial charge in [-0.15, -0.1) is 0 Å². The summed E-state index contributed by atoms with van der Waals surface area (Å²) in [7, 11) is -3.59. The minimum atomic E-state index is -3.59. The number of carbonyl (C=O) groups excluding carboxylic acids is 2. The zero-order valence-corrected chi connectivity index (χ0v) is 18.3. The van der Waals surface area contributed by atoms with Crippen molar-refractivity contribution in [3.63, 3.8) is 0 Å². The molecule has 1 aliphatic rings. The second-order valence-corrected chi connectivity index (χ2v) is 9.39.